The van der Waals surface area contributed by atoms with Gasteiger partial charge in [0.1, 0.15) is 6.04 Å². The molecule has 0 unspecified atom stereocenters. The number of benzene rings is 2. The number of rotatable bonds is 5. The van der Waals surface area contributed by atoms with Gasteiger partial charge in [0, 0.05) is 13.0 Å². The van der Waals surface area contributed by atoms with Crippen LogP contribution in [0.3, 0.4) is 0 Å². The van der Waals surface area contributed by atoms with Crippen molar-refractivity contribution in [3.63, 3.8) is 0 Å². The first-order chi connectivity index (χ1) is 13.9. The van der Waals surface area contributed by atoms with Crippen molar-refractivity contribution in [1.82, 2.24) is 4.90 Å². The fourth-order valence-electron chi connectivity index (χ4n) is 3.22. The van der Waals surface area contributed by atoms with Crippen LogP contribution in [0.25, 0.3) is 0 Å². The number of carbonyl (C=O) groups excluding carboxylic acids is 3. The molecule has 8 heteroatoms. The van der Waals surface area contributed by atoms with E-state index < -0.39 is 36.3 Å². The van der Waals surface area contributed by atoms with Gasteiger partial charge in [-0.05, 0) is 29.3 Å². The van der Waals surface area contributed by atoms with Crippen LogP contribution in [-0.4, -0.2) is 49.6 Å². The third-order valence-electron chi connectivity index (χ3n) is 4.76. The Hall–Kier alpha value is -3.42. The van der Waals surface area contributed by atoms with Crippen molar-refractivity contribution < 1.29 is 33.0 Å². The average Bonchev–Trinajstić information content (AvgIpc) is 2.75. The molecule has 0 saturated heterocycles. The van der Waals surface area contributed by atoms with Gasteiger partial charge in [0.25, 0.3) is 5.91 Å². The van der Waals surface area contributed by atoms with Gasteiger partial charge in [-0.1, -0.05) is 24.3 Å². The van der Waals surface area contributed by atoms with Gasteiger partial charge in [0.15, 0.2) is 18.2 Å². The maximum Gasteiger partial charge on any atom is 0.338 e. The molecule has 0 N–H and O–H groups in total. The molecule has 0 aromatic heterocycles. The van der Waals surface area contributed by atoms with E-state index in [1.54, 1.807) is 0 Å². The molecule has 1 atom stereocenters. The lowest BCUT2D eigenvalue weighted by molar-refractivity contribution is -0.155. The molecule has 0 saturated carbocycles. The van der Waals surface area contributed by atoms with E-state index in [1.165, 1.54) is 31.3 Å². The van der Waals surface area contributed by atoms with Crippen LogP contribution in [0.15, 0.2) is 42.5 Å². The van der Waals surface area contributed by atoms with Crippen molar-refractivity contribution in [1.29, 1.82) is 0 Å². The highest BCUT2D eigenvalue weighted by Crippen LogP contribution is 2.24. The Labute approximate surface area is 167 Å². The SMILES string of the molecule is COC(=O)[C@H]1Cc2ccccc2CN1C(=O)COC(=O)c1ccc(OC)c(F)c1. The number of hydrogen-bond acceptors (Lipinski definition) is 6. The van der Waals surface area contributed by atoms with Gasteiger partial charge in [0.2, 0.25) is 0 Å². The topological polar surface area (TPSA) is 82.1 Å². The maximum atomic E-state index is 13.8. The Morgan fingerprint density at radius 1 is 1.10 bits per heavy atom. The molecule has 1 amide bonds. The van der Waals surface area contributed by atoms with E-state index in [2.05, 4.69) is 0 Å². The van der Waals surface area contributed by atoms with E-state index >= 15 is 0 Å². The summed E-state index contributed by atoms with van der Waals surface area (Å²) in [5.74, 6) is -2.67. The lowest BCUT2D eigenvalue weighted by atomic mass is 9.94. The number of methoxy groups -OCH3 is 2. The van der Waals surface area contributed by atoms with Crippen molar-refractivity contribution >= 4 is 17.8 Å². The highest BCUT2D eigenvalue weighted by atomic mass is 19.1. The zero-order valence-corrected chi connectivity index (χ0v) is 16.0. The molecular formula is C21H20FNO6. The molecule has 0 spiro atoms. The Morgan fingerprint density at radius 2 is 1.83 bits per heavy atom. The van der Waals surface area contributed by atoms with Crippen molar-refractivity contribution in [3.05, 3.63) is 65.0 Å². The predicted octanol–water partition coefficient (Wildman–Crippen LogP) is 2.12. The first kappa shape index (κ1) is 20.3. The summed E-state index contributed by atoms with van der Waals surface area (Å²) in [6.45, 7) is -0.383. The number of hydrogen-bond donors (Lipinski definition) is 0. The van der Waals surface area contributed by atoms with Gasteiger partial charge in [-0.15, -0.1) is 0 Å². The monoisotopic (exact) mass is 401 g/mol. The Bertz CT molecular complexity index is 945. The van der Waals surface area contributed by atoms with Gasteiger partial charge in [-0.25, -0.2) is 14.0 Å². The fraction of sp³-hybridized carbons (Fsp3) is 0.286. The standard InChI is InChI=1S/C21H20FNO6/c1-27-18-8-7-14(9-16(18)22)20(25)29-12-19(24)23-11-15-6-4-3-5-13(15)10-17(23)21(26)28-2/h3-9,17H,10-12H2,1-2H3/t17-/m1/s1. The Balaban J connectivity index is 1.70. The second kappa shape index (κ2) is 8.72. The molecule has 0 radical (unpaired) electrons. The smallest absolute Gasteiger partial charge is 0.338 e. The van der Waals surface area contributed by atoms with Crippen LogP contribution in [0.5, 0.6) is 5.75 Å². The molecule has 0 bridgehead atoms. The highest BCUT2D eigenvalue weighted by molar-refractivity contribution is 5.92. The summed E-state index contributed by atoms with van der Waals surface area (Å²) in [6.07, 6.45) is 0.312. The number of ether oxygens (including phenoxy) is 3. The van der Waals surface area contributed by atoms with Gasteiger partial charge >= 0.3 is 11.9 Å². The van der Waals surface area contributed by atoms with E-state index in [0.717, 1.165) is 17.2 Å². The minimum Gasteiger partial charge on any atom is -0.494 e. The van der Waals surface area contributed by atoms with E-state index in [0.29, 0.717) is 6.42 Å². The minimum atomic E-state index is -0.855. The maximum absolute atomic E-state index is 13.8. The molecule has 7 nitrogen and oxygen atoms in total. The van der Waals surface area contributed by atoms with Gasteiger partial charge < -0.3 is 19.1 Å². The normalized spacial score (nSPS) is 15.3. The van der Waals surface area contributed by atoms with Crippen molar-refractivity contribution in [2.75, 3.05) is 20.8 Å². The van der Waals surface area contributed by atoms with Crippen molar-refractivity contribution in [2.45, 2.75) is 19.0 Å². The summed E-state index contributed by atoms with van der Waals surface area (Å²) < 4.78 is 28.4. The van der Waals surface area contributed by atoms with E-state index in [1.807, 2.05) is 24.3 Å². The number of nitrogens with zero attached hydrogens (tertiary/aromatic N) is 1. The summed E-state index contributed by atoms with van der Waals surface area (Å²) in [5.41, 5.74) is 1.81. The fourth-order valence-corrected chi connectivity index (χ4v) is 3.22. The number of fused-ring (bicyclic) bond motifs is 1. The number of esters is 2. The van der Waals surface area contributed by atoms with Crippen LogP contribution in [0, 0.1) is 5.82 Å². The first-order valence-corrected chi connectivity index (χ1v) is 8.89. The predicted molar refractivity (Wildman–Crippen MR) is 99.7 cm³/mol. The van der Waals surface area contributed by atoms with Crippen LogP contribution in [0.1, 0.15) is 21.5 Å². The van der Waals surface area contributed by atoms with Crippen LogP contribution < -0.4 is 4.74 Å². The second-order valence-electron chi connectivity index (χ2n) is 6.46. The molecule has 1 heterocycles. The Morgan fingerprint density at radius 3 is 2.48 bits per heavy atom. The van der Waals surface area contributed by atoms with Crippen LogP contribution >= 0.6 is 0 Å². The summed E-state index contributed by atoms with van der Waals surface area (Å²) in [4.78, 5) is 38.4. The summed E-state index contributed by atoms with van der Waals surface area (Å²) in [7, 11) is 2.56. The highest BCUT2D eigenvalue weighted by Gasteiger charge is 2.35. The molecule has 2 aromatic rings. The van der Waals surface area contributed by atoms with Gasteiger partial charge in [-0.3, -0.25) is 4.79 Å². The molecule has 29 heavy (non-hydrogen) atoms. The third-order valence-corrected chi connectivity index (χ3v) is 4.76. The zero-order chi connectivity index (χ0) is 21.0. The van der Waals surface area contributed by atoms with E-state index in [-0.39, 0.29) is 17.9 Å². The van der Waals surface area contributed by atoms with Crippen LogP contribution in [0.4, 0.5) is 4.39 Å². The molecule has 3 rings (SSSR count). The molecule has 1 aliphatic rings. The number of halogens is 1. The van der Waals surface area contributed by atoms with Gasteiger partial charge in [0.05, 0.1) is 19.8 Å². The van der Waals surface area contributed by atoms with Crippen LogP contribution in [-0.2, 0) is 32.0 Å². The average molecular weight is 401 g/mol. The molecule has 1 aliphatic heterocycles. The molecule has 0 aliphatic carbocycles. The lowest BCUT2D eigenvalue weighted by Gasteiger charge is -2.35. The molecular weight excluding hydrogens is 381 g/mol. The van der Waals surface area contributed by atoms with E-state index in [4.69, 9.17) is 14.2 Å². The van der Waals surface area contributed by atoms with E-state index in [9.17, 15) is 18.8 Å². The summed E-state index contributed by atoms with van der Waals surface area (Å²) in [5, 5.41) is 0. The Kier molecular flexibility index (Phi) is 6.11. The lowest BCUT2D eigenvalue weighted by Crippen LogP contribution is -2.50. The molecule has 2 aromatic carbocycles. The third kappa shape index (κ3) is 4.37. The summed E-state index contributed by atoms with van der Waals surface area (Å²) in [6, 6.07) is 10.3. The summed E-state index contributed by atoms with van der Waals surface area (Å²) >= 11 is 0. The van der Waals surface area contributed by atoms with Crippen LogP contribution in [0.2, 0.25) is 0 Å². The number of carbonyl (C=O) groups is 3. The first-order valence-electron chi connectivity index (χ1n) is 8.89. The molecule has 152 valence electrons. The van der Waals surface area contributed by atoms with Crippen molar-refractivity contribution in [3.8, 4) is 5.75 Å². The number of amides is 1. The largest absolute Gasteiger partial charge is 0.494 e. The van der Waals surface area contributed by atoms with Crippen molar-refractivity contribution in [2.24, 2.45) is 0 Å². The second-order valence-corrected chi connectivity index (χ2v) is 6.46. The molecule has 0 fully saturated rings. The quantitative estimate of drug-likeness (QED) is 0.714. The van der Waals surface area contributed by atoms with Gasteiger partial charge in [-0.2, -0.15) is 0 Å². The zero-order valence-electron chi connectivity index (χ0n) is 16.0. The minimum absolute atomic E-state index is 0.00877.